The number of hydrogen-bond acceptors (Lipinski definition) is 7. The predicted molar refractivity (Wildman–Crippen MR) is 201 cm³/mol. The van der Waals surface area contributed by atoms with Crippen LogP contribution in [0.5, 0.6) is 0 Å². The molecule has 0 spiro atoms. The van der Waals surface area contributed by atoms with Crippen molar-refractivity contribution in [2.75, 3.05) is 20.2 Å². The van der Waals surface area contributed by atoms with Crippen molar-refractivity contribution in [3.05, 3.63) is 70.7 Å². The van der Waals surface area contributed by atoms with E-state index in [2.05, 4.69) is 54.3 Å². The Morgan fingerprint density at radius 2 is 1.31 bits per heavy atom. The zero-order valence-electron chi connectivity index (χ0n) is 35.8. The Labute approximate surface area is 321 Å². The molecule has 0 saturated carbocycles. The number of nitrogens with one attached hydrogen (secondary N) is 4. The molecule has 2 aromatic heterocycles. The average Bonchev–Trinajstić information content (AvgIpc) is 3.97. The Kier molecular flexibility index (Phi) is 10.4. The quantitative estimate of drug-likeness (QED) is 0.214. The summed E-state index contributed by atoms with van der Waals surface area (Å²) in [5.74, 6) is 11.6. The van der Waals surface area contributed by atoms with Gasteiger partial charge in [0.1, 0.15) is 35.1 Å². The van der Waals surface area contributed by atoms with Crippen LogP contribution in [0.15, 0.2) is 36.6 Å². The van der Waals surface area contributed by atoms with Crippen LogP contribution in [0.1, 0.15) is 113 Å². The van der Waals surface area contributed by atoms with Crippen LogP contribution in [0.2, 0.25) is 0 Å². The van der Waals surface area contributed by atoms with Crippen LogP contribution in [0, 0.1) is 46.9 Å². The van der Waals surface area contributed by atoms with Crippen molar-refractivity contribution in [3.63, 3.8) is 0 Å². The van der Waals surface area contributed by atoms with E-state index >= 15 is 0 Å². The van der Waals surface area contributed by atoms with Crippen LogP contribution in [-0.4, -0.2) is 91.1 Å². The van der Waals surface area contributed by atoms with Crippen LogP contribution in [0.3, 0.4) is 0 Å². The van der Waals surface area contributed by atoms with E-state index in [1.807, 2.05) is 27.7 Å². The summed E-state index contributed by atoms with van der Waals surface area (Å²) in [5.41, 5.74) is -0.289. The number of amides is 4. The van der Waals surface area contributed by atoms with Gasteiger partial charge >= 0.3 is 12.2 Å². The first-order chi connectivity index (χ1) is 27.2. The average molecular weight is 743 g/mol. The highest BCUT2D eigenvalue weighted by Crippen LogP contribution is 2.37. The van der Waals surface area contributed by atoms with Crippen molar-refractivity contribution in [1.82, 2.24) is 40.4 Å². The lowest BCUT2D eigenvalue weighted by Crippen LogP contribution is -2.54. The van der Waals surface area contributed by atoms with Gasteiger partial charge in [0.05, 0.1) is 37.1 Å². The molecule has 3 aromatic rings. The van der Waals surface area contributed by atoms with E-state index < -0.39 is 41.8 Å². The fourth-order valence-corrected chi connectivity index (χ4v) is 6.75. The largest absolute Gasteiger partial charge is 0.465 e. The fourth-order valence-electron chi connectivity index (χ4n) is 6.75. The van der Waals surface area contributed by atoms with Gasteiger partial charge in [0.25, 0.3) is 0 Å². The molecular formula is C40H50N8O6. The predicted octanol–water partition coefficient (Wildman–Crippen LogP) is 4.81. The second-order valence-corrected chi connectivity index (χ2v) is 15.4. The van der Waals surface area contributed by atoms with Gasteiger partial charge in [0.15, 0.2) is 0 Å². The van der Waals surface area contributed by atoms with Crippen molar-refractivity contribution in [3.8, 4) is 23.7 Å². The Bertz CT molecular complexity index is 2180. The first-order valence-electron chi connectivity index (χ1n) is 19.9. The maximum atomic E-state index is 13.7. The van der Waals surface area contributed by atoms with E-state index in [9.17, 15) is 24.3 Å². The van der Waals surface area contributed by atoms with Crippen LogP contribution < -0.4 is 10.6 Å². The van der Waals surface area contributed by atoms with Gasteiger partial charge < -0.3 is 40.2 Å². The maximum absolute atomic E-state index is 13.7. The number of likely N-dealkylation sites (tertiary alicyclic amines) is 2. The molecule has 2 fully saturated rings. The zero-order valence-corrected chi connectivity index (χ0v) is 31.8. The van der Waals surface area contributed by atoms with Gasteiger partial charge in [-0.25, -0.2) is 19.6 Å². The van der Waals surface area contributed by atoms with Gasteiger partial charge in [0.2, 0.25) is 11.8 Å². The number of ether oxygens (including phenoxy) is 1. The van der Waals surface area contributed by atoms with Crippen LogP contribution in [0.4, 0.5) is 9.59 Å². The summed E-state index contributed by atoms with van der Waals surface area (Å²) in [5, 5.41) is 14.4. The van der Waals surface area contributed by atoms with E-state index in [0.29, 0.717) is 49.0 Å². The molecular weight excluding hydrogens is 688 g/mol. The number of aromatic nitrogens is 4. The molecule has 6 atom stereocenters. The highest BCUT2D eigenvalue weighted by atomic mass is 16.5. The molecule has 5 rings (SSSR count). The molecule has 14 nitrogen and oxygen atoms in total. The molecule has 0 bridgehead atoms. The van der Waals surface area contributed by atoms with Gasteiger partial charge in [-0.15, -0.1) is 0 Å². The number of benzene rings is 1. The first kappa shape index (κ1) is 34.0. The van der Waals surface area contributed by atoms with Gasteiger partial charge in [-0.2, -0.15) is 0 Å². The molecule has 4 amide bonds. The van der Waals surface area contributed by atoms with Crippen molar-refractivity contribution >= 4 is 24.0 Å². The minimum absolute atomic E-state index is 0.122. The molecule has 0 radical (unpaired) electrons. The van der Waals surface area contributed by atoms with Crippen molar-refractivity contribution in [2.45, 2.75) is 85.5 Å². The van der Waals surface area contributed by atoms with E-state index in [4.69, 9.17) is 10.2 Å². The van der Waals surface area contributed by atoms with Crippen LogP contribution in [0.25, 0.3) is 0 Å². The number of carbonyl (C=O) groups excluding carboxylic acids is 3. The standard InChI is InChI=1S/C40H50N8O6/c1-23(2)32(45-39(53)54-8)36(49)47-21-24(3)17-30(47)34-41-19-28(43-34)15-13-26-9-11-27(12-10-26)14-16-29-20-42-35(44-29)31-18-25(4)22-48(31)37(50)33(40(5,6)7)46-38(51)52/h9-12,19-20,23-25,30-33,46H,17-18,21-22H2,1-8H3,(H,41,43)(H,42,44)(H,45,53)(H,51,52)/t24-,25-,30-,31-,32-,33+/m0/s1/i9D,10D,11D,12D. The lowest BCUT2D eigenvalue weighted by atomic mass is 9.85. The first-order valence-corrected chi connectivity index (χ1v) is 17.9. The van der Waals surface area contributed by atoms with E-state index in [-0.39, 0.29) is 64.9 Å². The zero-order chi connectivity index (χ0) is 42.8. The Balaban J connectivity index is 1.35. The number of alkyl carbamates (subject to hydrolysis) is 1. The number of imidazole rings is 2. The number of methoxy groups -OCH3 is 1. The van der Waals surface area contributed by atoms with Gasteiger partial charge in [0, 0.05) is 24.2 Å². The molecule has 2 saturated heterocycles. The Morgan fingerprint density at radius 3 is 1.72 bits per heavy atom. The molecule has 1 aromatic carbocycles. The number of carbonyl (C=O) groups is 4. The third-order valence-corrected chi connectivity index (χ3v) is 9.45. The molecule has 14 heteroatoms. The number of nitrogens with zero attached hydrogens (tertiary/aromatic N) is 4. The van der Waals surface area contributed by atoms with E-state index in [1.165, 1.54) is 19.5 Å². The third-order valence-electron chi connectivity index (χ3n) is 9.45. The summed E-state index contributed by atoms with van der Waals surface area (Å²) in [6.45, 7) is 13.9. The Morgan fingerprint density at radius 1 is 0.852 bits per heavy atom. The fraction of sp³-hybridized carbons (Fsp3) is 0.500. The molecule has 0 unspecified atom stereocenters. The van der Waals surface area contributed by atoms with E-state index in [0.717, 1.165) is 0 Å². The summed E-state index contributed by atoms with van der Waals surface area (Å²) in [6.07, 6.45) is 2.16. The van der Waals surface area contributed by atoms with Crippen molar-refractivity contribution in [1.29, 1.82) is 0 Å². The molecule has 4 heterocycles. The number of H-pyrrole nitrogens is 2. The van der Waals surface area contributed by atoms with Crippen molar-refractivity contribution in [2.24, 2.45) is 23.2 Å². The number of rotatable bonds is 7. The lowest BCUT2D eigenvalue weighted by Gasteiger charge is -2.34. The third kappa shape index (κ3) is 9.42. The van der Waals surface area contributed by atoms with Crippen molar-refractivity contribution < 1.29 is 34.5 Å². The second-order valence-electron chi connectivity index (χ2n) is 15.4. The molecule has 0 aliphatic carbocycles. The second kappa shape index (κ2) is 16.5. The highest BCUT2D eigenvalue weighted by molar-refractivity contribution is 5.87. The smallest absolute Gasteiger partial charge is 0.407 e. The summed E-state index contributed by atoms with van der Waals surface area (Å²) in [4.78, 5) is 69.3. The molecule has 2 aliphatic heterocycles. The SMILES string of the molecule is [2H]c1c([2H])c(C#Cc2cnc([C@@H]3C[C@H](C)CN3C(=O)[C@@H](NC(=O)O)C(C)(C)C)[nH]2)c([2H])c([2H])c1C#Cc1cnc([C@@H]2C[C@H](C)CN2C(=O)[C@@H](NC(=O)OC)C(C)C)[nH]1. The van der Waals surface area contributed by atoms with Crippen LogP contribution >= 0.6 is 0 Å². The summed E-state index contributed by atoms with van der Waals surface area (Å²) < 4.78 is 39.3. The van der Waals surface area contributed by atoms with E-state index in [1.54, 1.807) is 30.6 Å². The van der Waals surface area contributed by atoms with Crippen LogP contribution in [-0.2, 0) is 14.3 Å². The molecule has 5 N–H and O–H groups in total. The monoisotopic (exact) mass is 742 g/mol. The number of carboxylic acid groups (broad SMARTS) is 1. The highest BCUT2D eigenvalue weighted by Gasteiger charge is 2.43. The summed E-state index contributed by atoms with van der Waals surface area (Å²) >= 11 is 0. The number of hydrogen-bond donors (Lipinski definition) is 5. The molecule has 286 valence electrons. The normalized spacial score (nSPS) is 21.7. The Hall–Kier alpha value is -5.76. The van der Waals surface area contributed by atoms with Gasteiger partial charge in [-0.05, 0) is 72.0 Å². The van der Waals surface area contributed by atoms with Gasteiger partial charge in [-0.1, -0.05) is 60.3 Å². The lowest BCUT2D eigenvalue weighted by molar-refractivity contribution is -0.137. The molecule has 2 aliphatic rings. The molecule has 54 heavy (non-hydrogen) atoms. The minimum atomic E-state index is -1.29. The topological polar surface area (TPSA) is 186 Å². The number of aromatic amines is 2. The minimum Gasteiger partial charge on any atom is -0.465 e. The summed E-state index contributed by atoms with van der Waals surface area (Å²) in [7, 11) is 1.24. The van der Waals surface area contributed by atoms with Gasteiger partial charge in [-0.3, -0.25) is 9.59 Å². The maximum Gasteiger partial charge on any atom is 0.407 e. The summed E-state index contributed by atoms with van der Waals surface area (Å²) in [6, 6.07) is -4.16.